The summed E-state index contributed by atoms with van der Waals surface area (Å²) in [6.07, 6.45) is 4.34. The highest BCUT2D eigenvalue weighted by atomic mass is 32.2. The van der Waals surface area contributed by atoms with E-state index in [1.165, 1.54) is 14.1 Å². The molecule has 1 aliphatic heterocycles. The average Bonchev–Trinajstić information content (AvgIpc) is 2.76. The van der Waals surface area contributed by atoms with E-state index in [-0.39, 0.29) is 12.6 Å². The van der Waals surface area contributed by atoms with Crippen LogP contribution in [0.25, 0.3) is 0 Å². The van der Waals surface area contributed by atoms with Crippen LogP contribution in [0.1, 0.15) is 30.9 Å². The summed E-state index contributed by atoms with van der Waals surface area (Å²) in [4.78, 5) is 26.1. The zero-order valence-electron chi connectivity index (χ0n) is 17.5. The van der Waals surface area contributed by atoms with E-state index in [0.29, 0.717) is 0 Å². The van der Waals surface area contributed by atoms with Crippen molar-refractivity contribution in [3.63, 3.8) is 0 Å². The monoisotopic (exact) mass is 436 g/mol. The van der Waals surface area contributed by atoms with Crippen LogP contribution in [0.15, 0.2) is 44.9 Å². The highest BCUT2D eigenvalue weighted by Crippen LogP contribution is 2.26. The summed E-state index contributed by atoms with van der Waals surface area (Å²) in [5, 5.41) is 0. The van der Waals surface area contributed by atoms with Crippen LogP contribution in [0, 0.1) is 0 Å². The molecule has 0 spiro atoms. The van der Waals surface area contributed by atoms with E-state index < -0.39 is 26.2 Å². The second kappa shape index (κ2) is 9.15. The third-order valence-corrected chi connectivity index (χ3v) is 6.91. The van der Waals surface area contributed by atoms with Gasteiger partial charge in [-0.3, -0.25) is 14.3 Å². The molecule has 1 atom stereocenters. The summed E-state index contributed by atoms with van der Waals surface area (Å²) in [7, 11) is 0.167. The van der Waals surface area contributed by atoms with Crippen molar-refractivity contribution in [1.29, 1.82) is 0 Å². The molecule has 0 aliphatic carbocycles. The Morgan fingerprint density at radius 2 is 1.70 bits per heavy atom. The number of aryl methyl sites for hydroxylation is 1. The summed E-state index contributed by atoms with van der Waals surface area (Å²) >= 11 is 0. The highest BCUT2D eigenvalue weighted by molar-refractivity contribution is 7.89. The van der Waals surface area contributed by atoms with Gasteiger partial charge in [0.1, 0.15) is 5.75 Å². The number of benzene rings is 1. The molecule has 3 rings (SSSR count). The molecule has 0 radical (unpaired) electrons. The quantitative estimate of drug-likeness (QED) is 0.682. The number of aromatic nitrogens is 2. The van der Waals surface area contributed by atoms with E-state index in [2.05, 4.69) is 9.62 Å². The number of sulfonamides is 1. The van der Waals surface area contributed by atoms with Gasteiger partial charge < -0.3 is 9.30 Å². The first-order chi connectivity index (χ1) is 14.2. The molecule has 0 unspecified atom stereocenters. The van der Waals surface area contributed by atoms with Crippen LogP contribution in [-0.2, 0) is 24.1 Å². The van der Waals surface area contributed by atoms with Gasteiger partial charge in [-0.15, -0.1) is 0 Å². The van der Waals surface area contributed by atoms with Gasteiger partial charge >= 0.3 is 5.69 Å². The van der Waals surface area contributed by atoms with Crippen LogP contribution in [-0.4, -0.2) is 49.2 Å². The molecule has 164 valence electrons. The normalized spacial score (nSPS) is 16.4. The third kappa shape index (κ3) is 4.66. The number of nitrogens with one attached hydrogen (secondary N) is 1. The van der Waals surface area contributed by atoms with E-state index in [4.69, 9.17) is 4.74 Å². The lowest BCUT2D eigenvalue weighted by molar-refractivity contribution is 0.164. The lowest BCUT2D eigenvalue weighted by Crippen LogP contribution is -2.44. The fourth-order valence-corrected chi connectivity index (χ4v) is 4.94. The number of rotatable bonds is 7. The van der Waals surface area contributed by atoms with Crippen LogP contribution >= 0.6 is 0 Å². The smallest absolute Gasteiger partial charge is 0.330 e. The Balaban J connectivity index is 1.89. The molecule has 0 saturated carbocycles. The first-order valence-corrected chi connectivity index (χ1v) is 11.4. The Hall–Kier alpha value is -2.43. The standard InChI is InChI=1S/C20H28N4O5S/c1-22-14-18(19(25)23(2)20(22)26)30(27,28)21-13-17(24-11-5-4-6-12-24)15-7-9-16(29-3)10-8-15/h7-10,14,17,21H,4-6,11-13H2,1-3H3/t17-/m1/s1. The van der Waals surface area contributed by atoms with E-state index >= 15 is 0 Å². The molecule has 30 heavy (non-hydrogen) atoms. The van der Waals surface area contributed by atoms with E-state index in [1.54, 1.807) is 7.11 Å². The van der Waals surface area contributed by atoms with Crippen molar-refractivity contribution in [3.05, 3.63) is 56.9 Å². The molecule has 2 heterocycles. The highest BCUT2D eigenvalue weighted by Gasteiger charge is 2.27. The van der Waals surface area contributed by atoms with Crippen molar-refractivity contribution >= 4 is 10.0 Å². The van der Waals surface area contributed by atoms with Gasteiger partial charge in [-0.2, -0.15) is 0 Å². The Morgan fingerprint density at radius 1 is 1.07 bits per heavy atom. The van der Waals surface area contributed by atoms with Crippen molar-refractivity contribution < 1.29 is 13.2 Å². The molecule has 2 aromatic rings. The molecule has 1 saturated heterocycles. The van der Waals surface area contributed by atoms with Crippen LogP contribution in [0.4, 0.5) is 0 Å². The van der Waals surface area contributed by atoms with E-state index in [1.807, 2.05) is 24.3 Å². The molecule has 1 fully saturated rings. The van der Waals surface area contributed by atoms with Crippen molar-refractivity contribution in [1.82, 2.24) is 18.8 Å². The first kappa shape index (κ1) is 22.3. The molecule has 0 amide bonds. The summed E-state index contributed by atoms with van der Waals surface area (Å²) in [5.74, 6) is 0.727. The van der Waals surface area contributed by atoms with Gasteiger partial charge in [0.25, 0.3) is 5.56 Å². The Bertz CT molecular complexity index is 1100. The van der Waals surface area contributed by atoms with E-state index in [9.17, 15) is 18.0 Å². The molecular formula is C20H28N4O5S. The largest absolute Gasteiger partial charge is 0.497 e. The van der Waals surface area contributed by atoms with Gasteiger partial charge in [0.2, 0.25) is 10.0 Å². The summed E-state index contributed by atoms with van der Waals surface area (Å²) < 4.78 is 35.5. The second-order valence-electron chi connectivity index (χ2n) is 7.49. The molecule has 0 bridgehead atoms. The molecule has 1 N–H and O–H groups in total. The topological polar surface area (TPSA) is 103 Å². The number of ether oxygens (including phenoxy) is 1. The predicted octanol–water partition coefficient (Wildman–Crippen LogP) is 0.598. The van der Waals surface area contributed by atoms with Crippen LogP contribution in [0.3, 0.4) is 0 Å². The maximum Gasteiger partial charge on any atom is 0.330 e. The Labute approximate surface area is 175 Å². The summed E-state index contributed by atoms with van der Waals surface area (Å²) in [5.41, 5.74) is -0.457. The zero-order chi connectivity index (χ0) is 21.9. The van der Waals surface area contributed by atoms with Crippen molar-refractivity contribution in [2.75, 3.05) is 26.7 Å². The maximum absolute atomic E-state index is 12.9. The zero-order valence-corrected chi connectivity index (χ0v) is 18.3. The van der Waals surface area contributed by atoms with Gasteiger partial charge in [0.05, 0.1) is 7.11 Å². The van der Waals surface area contributed by atoms with E-state index in [0.717, 1.165) is 59.0 Å². The predicted molar refractivity (Wildman–Crippen MR) is 113 cm³/mol. The molecule has 1 aromatic carbocycles. The lowest BCUT2D eigenvalue weighted by atomic mass is 10.0. The van der Waals surface area contributed by atoms with Crippen molar-refractivity contribution in [2.24, 2.45) is 14.1 Å². The summed E-state index contributed by atoms with van der Waals surface area (Å²) in [6.45, 7) is 1.86. The number of methoxy groups -OCH3 is 1. The molecule has 1 aromatic heterocycles. The first-order valence-electron chi connectivity index (χ1n) is 9.89. The number of nitrogens with zero attached hydrogens (tertiary/aromatic N) is 3. The van der Waals surface area contributed by atoms with Crippen LogP contribution < -0.4 is 20.7 Å². The Kier molecular flexibility index (Phi) is 6.79. The molecule has 10 heteroatoms. The molecule has 9 nitrogen and oxygen atoms in total. The van der Waals surface area contributed by atoms with Crippen LogP contribution in [0.2, 0.25) is 0 Å². The van der Waals surface area contributed by atoms with Crippen molar-refractivity contribution in [2.45, 2.75) is 30.2 Å². The fraction of sp³-hybridized carbons (Fsp3) is 0.500. The van der Waals surface area contributed by atoms with Gasteiger partial charge in [-0.1, -0.05) is 18.6 Å². The van der Waals surface area contributed by atoms with Gasteiger partial charge in [0, 0.05) is 32.9 Å². The number of hydrogen-bond acceptors (Lipinski definition) is 6. The minimum absolute atomic E-state index is 0.112. The molecular weight excluding hydrogens is 408 g/mol. The van der Waals surface area contributed by atoms with Gasteiger partial charge in [-0.05, 0) is 43.6 Å². The van der Waals surface area contributed by atoms with Crippen LogP contribution in [0.5, 0.6) is 5.75 Å². The fourth-order valence-electron chi connectivity index (χ4n) is 3.74. The lowest BCUT2D eigenvalue weighted by Gasteiger charge is -2.35. The SMILES string of the molecule is COc1ccc([C@@H](CNS(=O)(=O)c2cn(C)c(=O)n(C)c2=O)N2CCCCC2)cc1. The third-order valence-electron chi connectivity index (χ3n) is 5.50. The van der Waals surface area contributed by atoms with Gasteiger partial charge in [0.15, 0.2) is 4.90 Å². The second-order valence-corrected chi connectivity index (χ2v) is 9.22. The minimum atomic E-state index is -4.10. The van der Waals surface area contributed by atoms with Crippen molar-refractivity contribution in [3.8, 4) is 5.75 Å². The van der Waals surface area contributed by atoms with Gasteiger partial charge in [-0.25, -0.2) is 17.9 Å². The number of likely N-dealkylation sites (tertiary alicyclic amines) is 1. The summed E-state index contributed by atoms with van der Waals surface area (Å²) in [6, 6.07) is 7.38. The number of piperidine rings is 1. The molecule has 1 aliphatic rings. The minimum Gasteiger partial charge on any atom is -0.497 e. The average molecular weight is 437 g/mol. The Morgan fingerprint density at radius 3 is 2.30 bits per heavy atom. The maximum atomic E-state index is 12.9. The number of hydrogen-bond donors (Lipinski definition) is 1.